The third-order valence-corrected chi connectivity index (χ3v) is 3.14. The van der Waals surface area contributed by atoms with E-state index in [1.807, 2.05) is 36.4 Å². The molecule has 0 spiro atoms. The summed E-state index contributed by atoms with van der Waals surface area (Å²) in [5.74, 6) is -0.222. The molecule has 3 heteroatoms. The normalized spacial score (nSPS) is 17.1. The van der Waals surface area contributed by atoms with Crippen LogP contribution in [-0.4, -0.2) is 31.1 Å². The van der Waals surface area contributed by atoms with Crippen LogP contribution in [0.3, 0.4) is 0 Å². The Balaban J connectivity index is 2.23. The van der Waals surface area contributed by atoms with Crippen LogP contribution in [0.15, 0.2) is 54.6 Å². The lowest BCUT2D eigenvalue weighted by molar-refractivity contribution is -0.146. The molecular weight excluding hydrogens is 226 g/mol. The molecule has 18 heavy (non-hydrogen) atoms. The summed E-state index contributed by atoms with van der Waals surface area (Å²) >= 11 is 0. The van der Waals surface area contributed by atoms with E-state index in [0.29, 0.717) is 0 Å². The standard InChI is InChI=1S/C15H17NO2/c1-3-12-9-10-16(11-12)14(15(17)18-2)13-7-5-4-6-8-13/h3-9,14H,1,10-11H2,2H3. The van der Waals surface area contributed by atoms with Crippen LogP contribution in [0, 0.1) is 0 Å². The van der Waals surface area contributed by atoms with Gasteiger partial charge in [0.25, 0.3) is 0 Å². The first-order chi connectivity index (χ1) is 8.76. The summed E-state index contributed by atoms with van der Waals surface area (Å²) in [5.41, 5.74) is 2.11. The second-order valence-electron chi connectivity index (χ2n) is 4.25. The summed E-state index contributed by atoms with van der Waals surface area (Å²) in [6.45, 7) is 5.24. The minimum absolute atomic E-state index is 0.222. The second-order valence-corrected chi connectivity index (χ2v) is 4.25. The highest BCUT2D eigenvalue weighted by atomic mass is 16.5. The largest absolute Gasteiger partial charge is 0.468 e. The lowest BCUT2D eigenvalue weighted by atomic mass is 10.1. The van der Waals surface area contributed by atoms with E-state index in [-0.39, 0.29) is 12.0 Å². The second kappa shape index (κ2) is 5.65. The Morgan fingerprint density at radius 1 is 1.44 bits per heavy atom. The maximum Gasteiger partial charge on any atom is 0.327 e. The first kappa shape index (κ1) is 12.6. The molecule has 1 unspecified atom stereocenters. The molecule has 1 aromatic rings. The predicted octanol–water partition coefficient (Wildman–Crippen LogP) is 2.33. The van der Waals surface area contributed by atoms with E-state index in [9.17, 15) is 4.79 Å². The van der Waals surface area contributed by atoms with Crippen molar-refractivity contribution in [3.05, 3.63) is 60.2 Å². The number of hydrogen-bond donors (Lipinski definition) is 0. The molecule has 1 aromatic carbocycles. The third-order valence-electron chi connectivity index (χ3n) is 3.14. The van der Waals surface area contributed by atoms with Gasteiger partial charge in [-0.05, 0) is 11.1 Å². The van der Waals surface area contributed by atoms with Crippen LogP contribution < -0.4 is 0 Å². The number of rotatable bonds is 4. The lowest BCUT2D eigenvalue weighted by Gasteiger charge is -2.25. The number of benzene rings is 1. The smallest absolute Gasteiger partial charge is 0.327 e. The Bertz CT molecular complexity index is 465. The quantitative estimate of drug-likeness (QED) is 0.760. The van der Waals surface area contributed by atoms with Crippen LogP contribution in [0.5, 0.6) is 0 Å². The molecule has 94 valence electrons. The van der Waals surface area contributed by atoms with Crippen molar-refractivity contribution in [3.8, 4) is 0 Å². The van der Waals surface area contributed by atoms with Gasteiger partial charge in [-0.2, -0.15) is 0 Å². The Labute approximate surface area is 107 Å². The minimum Gasteiger partial charge on any atom is -0.468 e. The third kappa shape index (κ3) is 2.51. The molecule has 0 aromatic heterocycles. The van der Waals surface area contributed by atoms with Gasteiger partial charge in [0.05, 0.1) is 7.11 Å². The average molecular weight is 243 g/mol. The van der Waals surface area contributed by atoms with Crippen LogP contribution >= 0.6 is 0 Å². The number of hydrogen-bond acceptors (Lipinski definition) is 3. The van der Waals surface area contributed by atoms with Crippen molar-refractivity contribution in [2.45, 2.75) is 6.04 Å². The zero-order valence-corrected chi connectivity index (χ0v) is 10.5. The Kier molecular flexibility index (Phi) is 3.95. The van der Waals surface area contributed by atoms with E-state index in [1.165, 1.54) is 7.11 Å². The van der Waals surface area contributed by atoms with E-state index in [2.05, 4.69) is 17.6 Å². The van der Waals surface area contributed by atoms with Gasteiger partial charge in [-0.1, -0.05) is 49.1 Å². The maximum absolute atomic E-state index is 12.0. The topological polar surface area (TPSA) is 29.5 Å². The average Bonchev–Trinajstić information content (AvgIpc) is 2.88. The summed E-state index contributed by atoms with van der Waals surface area (Å²) < 4.78 is 4.92. The van der Waals surface area contributed by atoms with E-state index < -0.39 is 0 Å². The number of carbonyl (C=O) groups excluding carboxylic acids is 1. The number of esters is 1. The van der Waals surface area contributed by atoms with Crippen LogP contribution in [0.4, 0.5) is 0 Å². The highest BCUT2D eigenvalue weighted by Crippen LogP contribution is 2.26. The van der Waals surface area contributed by atoms with Gasteiger partial charge in [-0.25, -0.2) is 4.79 Å². The van der Waals surface area contributed by atoms with E-state index in [1.54, 1.807) is 0 Å². The van der Waals surface area contributed by atoms with Crippen molar-refractivity contribution in [2.24, 2.45) is 0 Å². The number of nitrogens with zero attached hydrogens (tertiary/aromatic N) is 1. The van der Waals surface area contributed by atoms with Crippen molar-refractivity contribution in [3.63, 3.8) is 0 Å². The van der Waals surface area contributed by atoms with E-state index in [0.717, 1.165) is 24.2 Å². The van der Waals surface area contributed by atoms with Gasteiger partial charge in [0.1, 0.15) is 6.04 Å². The SMILES string of the molecule is C=CC1=CCN(C(C(=O)OC)c2ccccc2)C1. The number of methoxy groups -OCH3 is 1. The molecule has 0 saturated heterocycles. The zero-order valence-electron chi connectivity index (χ0n) is 10.5. The van der Waals surface area contributed by atoms with Crippen molar-refractivity contribution in [2.75, 3.05) is 20.2 Å². The molecule has 0 amide bonds. The Hall–Kier alpha value is -1.87. The van der Waals surface area contributed by atoms with Crippen molar-refractivity contribution in [1.82, 2.24) is 4.90 Å². The molecule has 2 rings (SSSR count). The molecule has 0 saturated carbocycles. The van der Waals surface area contributed by atoms with Gasteiger partial charge in [0.2, 0.25) is 0 Å². The monoisotopic (exact) mass is 243 g/mol. The van der Waals surface area contributed by atoms with Gasteiger partial charge in [-0.15, -0.1) is 0 Å². The van der Waals surface area contributed by atoms with Gasteiger partial charge in [0, 0.05) is 13.1 Å². The van der Waals surface area contributed by atoms with Crippen LogP contribution in [-0.2, 0) is 9.53 Å². The first-order valence-electron chi connectivity index (χ1n) is 5.94. The van der Waals surface area contributed by atoms with Crippen LogP contribution in [0.25, 0.3) is 0 Å². The highest BCUT2D eigenvalue weighted by molar-refractivity contribution is 5.77. The maximum atomic E-state index is 12.0. The molecular formula is C15H17NO2. The highest BCUT2D eigenvalue weighted by Gasteiger charge is 2.30. The molecule has 0 radical (unpaired) electrons. The number of carbonyl (C=O) groups is 1. The summed E-state index contributed by atoms with van der Waals surface area (Å²) in [4.78, 5) is 14.1. The molecule has 3 nitrogen and oxygen atoms in total. The number of ether oxygens (including phenoxy) is 1. The summed E-state index contributed by atoms with van der Waals surface area (Å²) in [7, 11) is 1.43. The van der Waals surface area contributed by atoms with Crippen molar-refractivity contribution >= 4 is 5.97 Å². The van der Waals surface area contributed by atoms with Gasteiger partial charge in [-0.3, -0.25) is 4.90 Å². The summed E-state index contributed by atoms with van der Waals surface area (Å²) in [5, 5.41) is 0. The van der Waals surface area contributed by atoms with Crippen molar-refractivity contribution < 1.29 is 9.53 Å². The minimum atomic E-state index is -0.343. The van der Waals surface area contributed by atoms with Crippen molar-refractivity contribution in [1.29, 1.82) is 0 Å². The zero-order chi connectivity index (χ0) is 13.0. The molecule has 0 N–H and O–H groups in total. The molecule has 1 heterocycles. The van der Waals surface area contributed by atoms with Crippen LogP contribution in [0.2, 0.25) is 0 Å². The summed E-state index contributed by atoms with van der Waals surface area (Å²) in [6.07, 6.45) is 3.92. The van der Waals surface area contributed by atoms with E-state index >= 15 is 0 Å². The fraction of sp³-hybridized carbons (Fsp3) is 0.267. The molecule has 0 bridgehead atoms. The lowest BCUT2D eigenvalue weighted by Crippen LogP contribution is -2.33. The predicted molar refractivity (Wildman–Crippen MR) is 71.1 cm³/mol. The Morgan fingerprint density at radius 2 is 2.17 bits per heavy atom. The fourth-order valence-electron chi connectivity index (χ4n) is 2.19. The summed E-state index contributed by atoms with van der Waals surface area (Å²) in [6, 6.07) is 9.37. The molecule has 0 aliphatic carbocycles. The van der Waals surface area contributed by atoms with Crippen LogP contribution in [0.1, 0.15) is 11.6 Å². The molecule has 1 aliphatic rings. The van der Waals surface area contributed by atoms with Gasteiger partial charge >= 0.3 is 5.97 Å². The van der Waals surface area contributed by atoms with Gasteiger partial charge in [0.15, 0.2) is 0 Å². The fourth-order valence-corrected chi connectivity index (χ4v) is 2.19. The van der Waals surface area contributed by atoms with Gasteiger partial charge < -0.3 is 4.74 Å². The first-order valence-corrected chi connectivity index (χ1v) is 5.94. The Morgan fingerprint density at radius 3 is 2.72 bits per heavy atom. The molecule has 0 fully saturated rings. The van der Waals surface area contributed by atoms with E-state index in [4.69, 9.17) is 4.74 Å². The molecule has 1 atom stereocenters. The molecule has 1 aliphatic heterocycles.